The number of phenolic OH excluding ortho intramolecular Hbond substituents is 1. The molecule has 0 aliphatic heterocycles. The number of furan rings is 1. The molecule has 138 valence electrons. The summed E-state index contributed by atoms with van der Waals surface area (Å²) in [5.74, 6) is -1.19. The Hall–Kier alpha value is -3.40. The van der Waals surface area contributed by atoms with Crippen LogP contribution >= 0.6 is 15.9 Å². The van der Waals surface area contributed by atoms with E-state index in [1.54, 1.807) is 24.3 Å². The first-order chi connectivity index (χ1) is 12.9. The first-order valence-corrected chi connectivity index (χ1v) is 8.26. The van der Waals surface area contributed by atoms with Gasteiger partial charge < -0.3 is 14.3 Å². The fourth-order valence-electron chi connectivity index (χ4n) is 2.33. The van der Waals surface area contributed by atoms with Crippen molar-refractivity contribution >= 4 is 44.7 Å². The van der Waals surface area contributed by atoms with Crippen LogP contribution in [0.4, 0.5) is 5.69 Å². The van der Waals surface area contributed by atoms with Crippen LogP contribution in [0.15, 0.2) is 50.4 Å². The molecule has 0 radical (unpaired) electrons. The first-order valence-electron chi connectivity index (χ1n) is 7.47. The molecule has 0 aliphatic carbocycles. The highest BCUT2D eigenvalue weighted by Gasteiger charge is 2.19. The predicted octanol–water partition coefficient (Wildman–Crippen LogP) is 3.58. The zero-order chi connectivity index (χ0) is 19.6. The summed E-state index contributed by atoms with van der Waals surface area (Å²) >= 11 is 3.34. The molecular weight excluding hydrogens is 422 g/mol. The number of aromatic hydroxyl groups is 1. The van der Waals surface area contributed by atoms with E-state index in [-0.39, 0.29) is 17.1 Å². The number of nitro groups is 1. The number of benzene rings is 2. The second-order valence-corrected chi connectivity index (χ2v) is 6.26. The number of nitrogens with one attached hydrogen (secondary N) is 1. The fourth-order valence-corrected chi connectivity index (χ4v) is 2.71. The molecule has 1 amide bonds. The van der Waals surface area contributed by atoms with Gasteiger partial charge in [-0.3, -0.25) is 14.9 Å². The number of amides is 1. The number of nitro benzene ring substituents is 1. The Balaban J connectivity index is 1.79. The lowest BCUT2D eigenvalue weighted by molar-refractivity contribution is -0.386. The summed E-state index contributed by atoms with van der Waals surface area (Å²) in [7, 11) is 1.27. The highest BCUT2D eigenvalue weighted by atomic mass is 79.9. The smallest absolute Gasteiger partial charge is 0.315 e. The molecule has 3 rings (SSSR count). The molecule has 0 saturated heterocycles. The van der Waals surface area contributed by atoms with Crippen molar-refractivity contribution in [3.8, 4) is 11.5 Å². The molecule has 0 fully saturated rings. The van der Waals surface area contributed by atoms with Crippen LogP contribution < -0.4 is 10.2 Å². The molecule has 0 unspecified atom stereocenters. The Morgan fingerprint density at radius 2 is 2.15 bits per heavy atom. The summed E-state index contributed by atoms with van der Waals surface area (Å²) in [5.41, 5.74) is 2.54. The Morgan fingerprint density at radius 3 is 2.85 bits per heavy atom. The largest absolute Gasteiger partial charge is 0.500 e. The molecule has 9 nitrogen and oxygen atoms in total. The van der Waals surface area contributed by atoms with Gasteiger partial charge in [0.25, 0.3) is 0 Å². The summed E-state index contributed by atoms with van der Waals surface area (Å²) in [6, 6.07) is 9.33. The maximum absolute atomic E-state index is 12.1. The van der Waals surface area contributed by atoms with Crippen LogP contribution in [-0.4, -0.2) is 29.3 Å². The molecular formula is C17H12BrN3O6. The number of fused-ring (bicyclic) bond motifs is 1. The Morgan fingerprint density at radius 1 is 1.37 bits per heavy atom. The van der Waals surface area contributed by atoms with Crippen LogP contribution in [0, 0.1) is 10.1 Å². The molecule has 10 heteroatoms. The number of halogens is 1. The van der Waals surface area contributed by atoms with Crippen LogP contribution in [0.3, 0.4) is 0 Å². The van der Waals surface area contributed by atoms with Gasteiger partial charge in [-0.25, -0.2) is 5.43 Å². The highest BCUT2D eigenvalue weighted by molar-refractivity contribution is 9.10. The summed E-state index contributed by atoms with van der Waals surface area (Å²) < 4.78 is 11.2. The standard InChI is InChI=1S/C17H12BrN3O6/c1-26-14-5-9(4-12(16(14)22)21(24)25)8-19-20-17(23)15-7-10-6-11(18)2-3-13(10)27-15/h2-8,22H,1H3,(H,20,23)/b19-8+. The van der Waals surface area contributed by atoms with Crippen molar-refractivity contribution in [1.29, 1.82) is 0 Å². The van der Waals surface area contributed by atoms with E-state index in [0.717, 1.165) is 15.9 Å². The van der Waals surface area contributed by atoms with Gasteiger partial charge in [0.2, 0.25) is 5.75 Å². The number of hydrogen-bond acceptors (Lipinski definition) is 7. The van der Waals surface area contributed by atoms with Gasteiger partial charge in [0.15, 0.2) is 11.5 Å². The topological polar surface area (TPSA) is 127 Å². The summed E-state index contributed by atoms with van der Waals surface area (Å²) in [6.45, 7) is 0. The highest BCUT2D eigenvalue weighted by Crippen LogP contribution is 2.36. The molecule has 0 bridgehead atoms. The normalized spacial score (nSPS) is 11.0. The van der Waals surface area contributed by atoms with Gasteiger partial charge in [-0.05, 0) is 30.3 Å². The predicted molar refractivity (Wildman–Crippen MR) is 100 cm³/mol. The molecule has 27 heavy (non-hydrogen) atoms. The van der Waals surface area contributed by atoms with E-state index < -0.39 is 22.3 Å². The third kappa shape index (κ3) is 3.90. The summed E-state index contributed by atoms with van der Waals surface area (Å²) in [6.07, 6.45) is 1.19. The van der Waals surface area contributed by atoms with Crippen LogP contribution in [0.2, 0.25) is 0 Å². The molecule has 0 aliphatic rings. The van der Waals surface area contributed by atoms with Crippen LogP contribution in [0.1, 0.15) is 16.1 Å². The van der Waals surface area contributed by atoms with E-state index in [9.17, 15) is 20.0 Å². The number of hydrazone groups is 1. The Kier molecular flexibility index (Phi) is 5.08. The zero-order valence-corrected chi connectivity index (χ0v) is 15.4. The number of hydrogen-bond donors (Lipinski definition) is 2. The minimum absolute atomic E-state index is 0.0644. The summed E-state index contributed by atoms with van der Waals surface area (Å²) in [5, 5.41) is 25.2. The van der Waals surface area contributed by atoms with Crippen LogP contribution in [0.25, 0.3) is 11.0 Å². The molecule has 2 N–H and O–H groups in total. The number of nitrogens with zero attached hydrogens (tertiary/aromatic N) is 2. The maximum Gasteiger partial charge on any atom is 0.315 e. The van der Waals surface area contributed by atoms with Gasteiger partial charge in [0, 0.05) is 21.5 Å². The van der Waals surface area contributed by atoms with Gasteiger partial charge in [-0.15, -0.1) is 0 Å². The van der Waals surface area contributed by atoms with Crippen molar-refractivity contribution in [1.82, 2.24) is 5.43 Å². The third-order valence-electron chi connectivity index (χ3n) is 3.58. The van der Waals surface area contributed by atoms with Crippen LogP contribution in [-0.2, 0) is 0 Å². The molecule has 1 aromatic heterocycles. The maximum atomic E-state index is 12.1. The van der Waals surface area contributed by atoms with Gasteiger partial charge in [0.1, 0.15) is 5.58 Å². The quantitative estimate of drug-likeness (QED) is 0.359. The van der Waals surface area contributed by atoms with E-state index in [4.69, 9.17) is 9.15 Å². The third-order valence-corrected chi connectivity index (χ3v) is 4.07. The number of methoxy groups -OCH3 is 1. The van der Waals surface area contributed by atoms with Crippen molar-refractivity contribution in [3.05, 3.63) is 62.3 Å². The van der Waals surface area contributed by atoms with Gasteiger partial charge in [-0.1, -0.05) is 15.9 Å². The Labute approximate surface area is 160 Å². The van der Waals surface area contributed by atoms with Crippen molar-refractivity contribution in [2.24, 2.45) is 5.10 Å². The molecule has 2 aromatic carbocycles. The second kappa shape index (κ2) is 7.46. The fraction of sp³-hybridized carbons (Fsp3) is 0.0588. The van der Waals surface area contributed by atoms with Crippen molar-refractivity contribution in [3.63, 3.8) is 0 Å². The van der Waals surface area contributed by atoms with E-state index in [1.165, 1.54) is 19.4 Å². The van der Waals surface area contributed by atoms with E-state index in [1.807, 2.05) is 0 Å². The SMILES string of the molecule is COc1cc(/C=N/NC(=O)c2cc3cc(Br)ccc3o2)cc([N+](=O)[O-])c1O. The lowest BCUT2D eigenvalue weighted by atomic mass is 10.2. The molecule has 1 heterocycles. The first kappa shape index (κ1) is 18.4. The average Bonchev–Trinajstić information content (AvgIpc) is 3.05. The van der Waals surface area contributed by atoms with Crippen molar-refractivity contribution in [2.75, 3.05) is 7.11 Å². The summed E-state index contributed by atoms with van der Waals surface area (Å²) in [4.78, 5) is 22.4. The lowest BCUT2D eigenvalue weighted by Gasteiger charge is -2.05. The molecule has 0 saturated carbocycles. The van der Waals surface area contributed by atoms with E-state index >= 15 is 0 Å². The number of ether oxygens (including phenoxy) is 1. The monoisotopic (exact) mass is 433 g/mol. The van der Waals surface area contributed by atoms with Crippen LogP contribution in [0.5, 0.6) is 11.5 Å². The van der Waals surface area contributed by atoms with Gasteiger partial charge in [0.05, 0.1) is 18.2 Å². The second-order valence-electron chi connectivity index (χ2n) is 5.34. The van der Waals surface area contributed by atoms with Gasteiger partial charge in [-0.2, -0.15) is 5.10 Å². The Bertz CT molecular complexity index is 1080. The number of phenols is 1. The van der Waals surface area contributed by atoms with Crippen molar-refractivity contribution < 1.29 is 24.0 Å². The average molecular weight is 434 g/mol. The van der Waals surface area contributed by atoms with Gasteiger partial charge >= 0.3 is 11.6 Å². The van der Waals surface area contributed by atoms with E-state index in [2.05, 4.69) is 26.5 Å². The molecule has 0 spiro atoms. The lowest BCUT2D eigenvalue weighted by Crippen LogP contribution is -2.16. The molecule has 0 atom stereocenters. The van der Waals surface area contributed by atoms with E-state index in [0.29, 0.717) is 5.58 Å². The number of carbonyl (C=O) groups excluding carboxylic acids is 1. The minimum atomic E-state index is -0.750. The number of rotatable bonds is 5. The van der Waals surface area contributed by atoms with Crippen molar-refractivity contribution in [2.45, 2.75) is 0 Å². The number of carbonyl (C=O) groups is 1. The molecule has 3 aromatic rings. The zero-order valence-electron chi connectivity index (χ0n) is 13.8. The minimum Gasteiger partial charge on any atom is -0.500 e.